The third kappa shape index (κ3) is 3.09. The van der Waals surface area contributed by atoms with Gasteiger partial charge in [-0.3, -0.25) is 4.79 Å². The molecule has 0 saturated carbocycles. The van der Waals surface area contributed by atoms with Crippen LogP contribution < -0.4 is 11.2 Å². The Hall–Kier alpha value is -2.37. The zero-order valence-corrected chi connectivity index (χ0v) is 10.5. The van der Waals surface area contributed by atoms with Gasteiger partial charge >= 0.3 is 12.0 Å². The molecule has 1 aromatic carbocycles. The standard InChI is InChI=1S/C13H15N3O3/c1-8(15-16-13(14)18)11-7-10(12(17)19-11)9-5-3-2-4-6-9/h2-6,10-11H,7H2,1H3,(H3,14,16,18)/b15-8-/t10-,11-/m0/s1. The molecular formula is C13H15N3O3. The number of esters is 1. The van der Waals surface area contributed by atoms with Crippen LogP contribution in [0.25, 0.3) is 0 Å². The van der Waals surface area contributed by atoms with Crippen molar-refractivity contribution in [3.8, 4) is 0 Å². The average molecular weight is 261 g/mol. The van der Waals surface area contributed by atoms with Crippen LogP contribution in [0.15, 0.2) is 35.4 Å². The largest absolute Gasteiger partial charge is 0.456 e. The van der Waals surface area contributed by atoms with Gasteiger partial charge in [-0.05, 0) is 12.5 Å². The first kappa shape index (κ1) is 13.1. The molecule has 6 heteroatoms. The number of amides is 2. The van der Waals surface area contributed by atoms with Crippen LogP contribution in [0.1, 0.15) is 24.8 Å². The molecule has 0 unspecified atom stereocenters. The molecule has 1 aliphatic rings. The van der Waals surface area contributed by atoms with E-state index in [1.165, 1.54) is 0 Å². The van der Waals surface area contributed by atoms with Crippen LogP contribution in [0.3, 0.4) is 0 Å². The van der Waals surface area contributed by atoms with E-state index in [4.69, 9.17) is 10.5 Å². The van der Waals surface area contributed by atoms with Crippen molar-refractivity contribution in [2.45, 2.75) is 25.4 Å². The van der Waals surface area contributed by atoms with Crippen LogP contribution in [0.4, 0.5) is 4.79 Å². The topological polar surface area (TPSA) is 93.8 Å². The molecule has 0 aromatic heterocycles. The van der Waals surface area contributed by atoms with Gasteiger partial charge in [-0.25, -0.2) is 10.2 Å². The van der Waals surface area contributed by atoms with Crippen molar-refractivity contribution >= 4 is 17.7 Å². The van der Waals surface area contributed by atoms with Crippen molar-refractivity contribution < 1.29 is 14.3 Å². The molecule has 100 valence electrons. The van der Waals surface area contributed by atoms with Crippen molar-refractivity contribution in [3.05, 3.63) is 35.9 Å². The molecule has 0 aliphatic carbocycles. The van der Waals surface area contributed by atoms with Crippen LogP contribution in [0.5, 0.6) is 0 Å². The Kier molecular flexibility index (Phi) is 3.79. The molecule has 6 nitrogen and oxygen atoms in total. The van der Waals surface area contributed by atoms with Gasteiger partial charge < -0.3 is 10.5 Å². The zero-order chi connectivity index (χ0) is 13.8. The number of benzene rings is 1. The minimum absolute atomic E-state index is 0.273. The molecule has 2 amide bonds. The minimum atomic E-state index is -0.747. The minimum Gasteiger partial charge on any atom is -0.456 e. The highest BCUT2D eigenvalue weighted by atomic mass is 16.6. The predicted octanol–water partition coefficient (Wildman–Crippen LogP) is 1.13. The smallest absolute Gasteiger partial charge is 0.332 e. The summed E-state index contributed by atoms with van der Waals surface area (Å²) < 4.78 is 5.26. The summed E-state index contributed by atoms with van der Waals surface area (Å²) in [6.45, 7) is 1.68. The Labute approximate surface area is 110 Å². The van der Waals surface area contributed by atoms with E-state index >= 15 is 0 Å². The SMILES string of the molecule is C/C(=N/NC(N)=O)[C@@H]1C[C@@H](c2ccccc2)C(=O)O1. The van der Waals surface area contributed by atoms with E-state index in [-0.39, 0.29) is 11.9 Å². The number of ether oxygens (including phenoxy) is 1. The first-order chi connectivity index (χ1) is 9.08. The monoisotopic (exact) mass is 261 g/mol. The Morgan fingerprint density at radius 2 is 2.11 bits per heavy atom. The summed E-state index contributed by atoms with van der Waals surface area (Å²) >= 11 is 0. The number of primary amides is 1. The third-order valence-electron chi connectivity index (χ3n) is 3.00. The number of nitrogens with one attached hydrogen (secondary N) is 1. The number of nitrogens with two attached hydrogens (primary N) is 1. The fraction of sp³-hybridized carbons (Fsp3) is 0.308. The Balaban J connectivity index is 2.07. The molecule has 0 radical (unpaired) electrons. The van der Waals surface area contributed by atoms with Crippen molar-refractivity contribution in [1.29, 1.82) is 0 Å². The Morgan fingerprint density at radius 3 is 2.74 bits per heavy atom. The molecule has 2 rings (SSSR count). The van der Waals surface area contributed by atoms with E-state index in [1.54, 1.807) is 6.92 Å². The number of carbonyl (C=O) groups is 2. The van der Waals surface area contributed by atoms with Crippen LogP contribution in [0, 0.1) is 0 Å². The molecule has 1 aliphatic heterocycles. The van der Waals surface area contributed by atoms with Gasteiger partial charge in [0.1, 0.15) is 6.10 Å². The van der Waals surface area contributed by atoms with Crippen LogP contribution >= 0.6 is 0 Å². The maximum absolute atomic E-state index is 11.8. The quantitative estimate of drug-likeness (QED) is 0.485. The highest BCUT2D eigenvalue weighted by Crippen LogP contribution is 2.31. The van der Waals surface area contributed by atoms with E-state index in [1.807, 2.05) is 30.3 Å². The summed E-state index contributed by atoms with van der Waals surface area (Å²) in [4.78, 5) is 22.4. The number of carbonyl (C=O) groups excluding carboxylic acids is 2. The van der Waals surface area contributed by atoms with Crippen molar-refractivity contribution in [3.63, 3.8) is 0 Å². The summed E-state index contributed by atoms with van der Waals surface area (Å²) in [5.41, 5.74) is 8.49. The summed E-state index contributed by atoms with van der Waals surface area (Å²) in [6.07, 6.45) is 0.0862. The number of hydrazone groups is 1. The molecule has 0 spiro atoms. The van der Waals surface area contributed by atoms with Crippen molar-refractivity contribution in [2.24, 2.45) is 10.8 Å². The van der Waals surface area contributed by atoms with Gasteiger partial charge in [0.05, 0.1) is 11.6 Å². The first-order valence-corrected chi connectivity index (χ1v) is 5.93. The molecule has 1 fully saturated rings. The van der Waals surface area contributed by atoms with Gasteiger partial charge in [0.15, 0.2) is 0 Å². The van der Waals surface area contributed by atoms with Gasteiger partial charge in [-0.15, -0.1) is 0 Å². The highest BCUT2D eigenvalue weighted by molar-refractivity contribution is 5.93. The number of rotatable bonds is 3. The Bertz CT molecular complexity index is 513. The lowest BCUT2D eigenvalue weighted by molar-refractivity contribution is -0.140. The van der Waals surface area contributed by atoms with Gasteiger partial charge in [-0.2, -0.15) is 5.10 Å². The van der Waals surface area contributed by atoms with Crippen LogP contribution in [0.2, 0.25) is 0 Å². The lowest BCUT2D eigenvalue weighted by atomic mass is 9.95. The molecule has 2 atom stereocenters. The maximum atomic E-state index is 11.8. The molecule has 19 heavy (non-hydrogen) atoms. The van der Waals surface area contributed by atoms with Crippen molar-refractivity contribution in [2.75, 3.05) is 0 Å². The van der Waals surface area contributed by atoms with Gasteiger partial charge in [0.25, 0.3) is 0 Å². The highest BCUT2D eigenvalue weighted by Gasteiger charge is 2.36. The summed E-state index contributed by atoms with van der Waals surface area (Å²) in [5, 5.41) is 3.78. The van der Waals surface area contributed by atoms with E-state index in [2.05, 4.69) is 10.5 Å². The molecule has 3 N–H and O–H groups in total. The average Bonchev–Trinajstić information content (AvgIpc) is 2.79. The van der Waals surface area contributed by atoms with E-state index in [9.17, 15) is 9.59 Å². The normalized spacial score (nSPS) is 23.0. The summed E-state index contributed by atoms with van der Waals surface area (Å²) in [6, 6.07) is 8.69. The van der Waals surface area contributed by atoms with Gasteiger partial charge in [0.2, 0.25) is 0 Å². The fourth-order valence-electron chi connectivity index (χ4n) is 2.01. The number of urea groups is 1. The van der Waals surface area contributed by atoms with Gasteiger partial charge in [0, 0.05) is 6.42 Å². The molecular weight excluding hydrogens is 246 g/mol. The number of nitrogens with zero attached hydrogens (tertiary/aromatic N) is 1. The molecule has 1 aromatic rings. The maximum Gasteiger partial charge on any atom is 0.332 e. The van der Waals surface area contributed by atoms with Crippen molar-refractivity contribution in [1.82, 2.24) is 5.43 Å². The second-order valence-corrected chi connectivity index (χ2v) is 4.35. The second kappa shape index (κ2) is 5.51. The summed E-state index contributed by atoms with van der Waals surface area (Å²) in [7, 11) is 0. The number of cyclic esters (lactones) is 1. The Morgan fingerprint density at radius 1 is 1.42 bits per heavy atom. The fourth-order valence-corrected chi connectivity index (χ4v) is 2.01. The molecule has 1 heterocycles. The van der Waals surface area contributed by atoms with Gasteiger partial charge in [-0.1, -0.05) is 30.3 Å². The molecule has 1 saturated heterocycles. The number of hydrogen-bond donors (Lipinski definition) is 2. The van der Waals surface area contributed by atoms with E-state index < -0.39 is 12.1 Å². The lowest BCUT2D eigenvalue weighted by Gasteiger charge is -2.07. The third-order valence-corrected chi connectivity index (χ3v) is 3.00. The first-order valence-electron chi connectivity index (χ1n) is 5.93. The molecule has 0 bridgehead atoms. The summed E-state index contributed by atoms with van der Waals surface area (Å²) in [5.74, 6) is -0.560. The van der Waals surface area contributed by atoms with Crippen LogP contribution in [-0.4, -0.2) is 23.8 Å². The number of hydrogen-bond acceptors (Lipinski definition) is 4. The predicted molar refractivity (Wildman–Crippen MR) is 69.5 cm³/mol. The van der Waals surface area contributed by atoms with E-state index in [0.29, 0.717) is 12.1 Å². The van der Waals surface area contributed by atoms with E-state index in [0.717, 1.165) is 5.56 Å². The second-order valence-electron chi connectivity index (χ2n) is 4.35. The zero-order valence-electron chi connectivity index (χ0n) is 10.5. The van der Waals surface area contributed by atoms with Crippen LogP contribution in [-0.2, 0) is 9.53 Å². The lowest BCUT2D eigenvalue weighted by Crippen LogP contribution is -2.28.